The molecular formula is C17H15F3N4O. The zero-order chi connectivity index (χ0) is 18.0. The number of aryl methyl sites for hydroxylation is 1. The Morgan fingerprint density at radius 2 is 1.92 bits per heavy atom. The monoisotopic (exact) mass is 348 g/mol. The SMILES string of the molecule is Cn1cnc2cc(C(=O)N(Cc3ccccc3)CC(F)(F)F)cnc21. The number of benzene rings is 1. The molecule has 0 bridgehead atoms. The summed E-state index contributed by atoms with van der Waals surface area (Å²) in [6.45, 7) is -1.47. The predicted octanol–water partition coefficient (Wildman–Crippen LogP) is 3.17. The third-order valence-corrected chi connectivity index (χ3v) is 3.67. The van der Waals surface area contributed by atoms with Gasteiger partial charge in [0.15, 0.2) is 5.65 Å². The summed E-state index contributed by atoms with van der Waals surface area (Å²) in [5.41, 5.74) is 1.71. The maximum Gasteiger partial charge on any atom is 0.406 e. The van der Waals surface area contributed by atoms with Crippen LogP contribution in [-0.4, -0.2) is 38.1 Å². The van der Waals surface area contributed by atoms with Crippen LogP contribution < -0.4 is 0 Å². The average Bonchev–Trinajstić information content (AvgIpc) is 2.94. The van der Waals surface area contributed by atoms with Gasteiger partial charge in [-0.15, -0.1) is 0 Å². The lowest BCUT2D eigenvalue weighted by atomic mass is 10.2. The van der Waals surface area contributed by atoms with Crippen LogP contribution in [0.5, 0.6) is 0 Å². The molecule has 0 radical (unpaired) electrons. The molecule has 0 unspecified atom stereocenters. The van der Waals surface area contributed by atoms with Crippen LogP contribution in [0.4, 0.5) is 13.2 Å². The highest BCUT2D eigenvalue weighted by Crippen LogP contribution is 2.21. The molecule has 3 aromatic rings. The van der Waals surface area contributed by atoms with Gasteiger partial charge >= 0.3 is 6.18 Å². The van der Waals surface area contributed by atoms with Gasteiger partial charge in [-0.05, 0) is 11.6 Å². The van der Waals surface area contributed by atoms with Crippen molar-refractivity contribution in [2.24, 2.45) is 7.05 Å². The normalized spacial score (nSPS) is 11.7. The van der Waals surface area contributed by atoms with Crippen molar-refractivity contribution in [3.05, 3.63) is 60.0 Å². The smallest absolute Gasteiger partial charge is 0.325 e. The van der Waals surface area contributed by atoms with Crippen molar-refractivity contribution in [1.82, 2.24) is 19.4 Å². The second-order valence-electron chi connectivity index (χ2n) is 5.68. The third kappa shape index (κ3) is 3.96. The van der Waals surface area contributed by atoms with Crippen LogP contribution in [0.25, 0.3) is 11.2 Å². The van der Waals surface area contributed by atoms with E-state index in [1.807, 2.05) is 0 Å². The van der Waals surface area contributed by atoms with Crippen LogP contribution in [-0.2, 0) is 13.6 Å². The molecule has 8 heteroatoms. The van der Waals surface area contributed by atoms with E-state index in [4.69, 9.17) is 0 Å². The van der Waals surface area contributed by atoms with Crippen LogP contribution in [0.3, 0.4) is 0 Å². The van der Waals surface area contributed by atoms with Gasteiger partial charge in [-0.1, -0.05) is 30.3 Å². The second-order valence-corrected chi connectivity index (χ2v) is 5.68. The first kappa shape index (κ1) is 16.9. The Labute approximate surface area is 141 Å². The minimum absolute atomic E-state index is 0.0754. The zero-order valence-corrected chi connectivity index (χ0v) is 13.4. The molecule has 130 valence electrons. The number of pyridine rings is 1. The van der Waals surface area contributed by atoms with E-state index < -0.39 is 18.6 Å². The second kappa shape index (κ2) is 6.54. The number of halogens is 3. The van der Waals surface area contributed by atoms with Gasteiger partial charge in [-0.25, -0.2) is 9.97 Å². The molecule has 1 aromatic carbocycles. The van der Waals surface area contributed by atoms with Gasteiger partial charge in [0.1, 0.15) is 12.1 Å². The fourth-order valence-electron chi connectivity index (χ4n) is 2.54. The third-order valence-electron chi connectivity index (χ3n) is 3.67. The maximum atomic E-state index is 12.9. The molecule has 0 aliphatic rings. The number of imidazole rings is 1. The average molecular weight is 348 g/mol. The molecular weight excluding hydrogens is 333 g/mol. The van der Waals surface area contributed by atoms with Crippen LogP contribution >= 0.6 is 0 Å². The molecule has 0 aliphatic heterocycles. The van der Waals surface area contributed by atoms with Crippen molar-refractivity contribution in [3.8, 4) is 0 Å². The summed E-state index contributed by atoms with van der Waals surface area (Å²) in [5, 5.41) is 0. The molecule has 0 saturated heterocycles. The zero-order valence-electron chi connectivity index (χ0n) is 13.4. The van der Waals surface area contributed by atoms with Crippen molar-refractivity contribution in [1.29, 1.82) is 0 Å². The largest absolute Gasteiger partial charge is 0.406 e. The van der Waals surface area contributed by atoms with Crippen molar-refractivity contribution in [2.45, 2.75) is 12.7 Å². The minimum Gasteiger partial charge on any atom is -0.325 e. The first-order valence-corrected chi connectivity index (χ1v) is 7.50. The number of aromatic nitrogens is 3. The van der Waals surface area contributed by atoms with Crippen LogP contribution in [0.1, 0.15) is 15.9 Å². The lowest BCUT2D eigenvalue weighted by molar-refractivity contribution is -0.141. The predicted molar refractivity (Wildman–Crippen MR) is 85.7 cm³/mol. The van der Waals surface area contributed by atoms with Crippen molar-refractivity contribution >= 4 is 17.1 Å². The van der Waals surface area contributed by atoms with Gasteiger partial charge in [0.2, 0.25) is 0 Å². The standard InChI is InChI=1S/C17H15F3N4O/c1-23-11-22-14-7-13(8-21-15(14)23)16(25)24(10-17(18,19)20)9-12-5-3-2-4-6-12/h2-8,11H,9-10H2,1H3. The summed E-state index contributed by atoms with van der Waals surface area (Å²) < 4.78 is 40.4. The first-order valence-electron chi connectivity index (χ1n) is 7.50. The van der Waals surface area contributed by atoms with Crippen LogP contribution in [0.2, 0.25) is 0 Å². The summed E-state index contributed by atoms with van der Waals surface area (Å²) in [6.07, 6.45) is -1.68. The minimum atomic E-state index is -4.49. The Morgan fingerprint density at radius 1 is 1.20 bits per heavy atom. The first-order chi connectivity index (χ1) is 11.8. The highest BCUT2D eigenvalue weighted by atomic mass is 19.4. The lowest BCUT2D eigenvalue weighted by Crippen LogP contribution is -2.38. The molecule has 0 N–H and O–H groups in total. The van der Waals surface area contributed by atoms with Gasteiger partial charge in [0, 0.05) is 19.8 Å². The highest BCUT2D eigenvalue weighted by Gasteiger charge is 2.33. The van der Waals surface area contributed by atoms with E-state index in [0.717, 1.165) is 4.90 Å². The lowest BCUT2D eigenvalue weighted by Gasteiger charge is -2.24. The number of nitrogens with zero attached hydrogens (tertiary/aromatic N) is 4. The molecule has 5 nitrogen and oxygen atoms in total. The van der Waals surface area contributed by atoms with E-state index in [2.05, 4.69) is 9.97 Å². The van der Waals surface area contributed by atoms with E-state index in [1.165, 1.54) is 18.6 Å². The number of alkyl halides is 3. The van der Waals surface area contributed by atoms with E-state index in [0.29, 0.717) is 16.7 Å². The summed E-state index contributed by atoms with van der Waals surface area (Å²) in [5.74, 6) is -0.735. The van der Waals surface area contributed by atoms with Gasteiger partial charge in [0.05, 0.1) is 11.9 Å². The number of carbonyl (C=O) groups excluding carboxylic acids is 1. The molecule has 1 amide bonds. The number of fused-ring (bicyclic) bond motifs is 1. The van der Waals surface area contributed by atoms with Gasteiger partial charge in [-0.3, -0.25) is 4.79 Å². The molecule has 2 aromatic heterocycles. The molecule has 0 atom stereocenters. The maximum absolute atomic E-state index is 12.9. The number of hydrogen-bond acceptors (Lipinski definition) is 3. The fraction of sp³-hybridized carbons (Fsp3) is 0.235. The van der Waals surface area contributed by atoms with Gasteiger partial charge in [-0.2, -0.15) is 13.2 Å². The molecule has 25 heavy (non-hydrogen) atoms. The number of carbonyl (C=O) groups is 1. The molecule has 0 aliphatic carbocycles. The van der Waals surface area contributed by atoms with E-state index >= 15 is 0 Å². The topological polar surface area (TPSA) is 51.0 Å². The summed E-state index contributed by atoms with van der Waals surface area (Å²) >= 11 is 0. The summed E-state index contributed by atoms with van der Waals surface area (Å²) in [7, 11) is 1.75. The Kier molecular flexibility index (Phi) is 4.43. The number of rotatable bonds is 4. The van der Waals surface area contributed by atoms with Crippen molar-refractivity contribution in [3.63, 3.8) is 0 Å². The van der Waals surface area contributed by atoms with E-state index in [1.54, 1.807) is 41.9 Å². The van der Waals surface area contributed by atoms with E-state index in [-0.39, 0.29) is 12.1 Å². The molecule has 3 rings (SSSR count). The quantitative estimate of drug-likeness (QED) is 0.728. The fourth-order valence-corrected chi connectivity index (χ4v) is 2.54. The molecule has 0 fully saturated rings. The Balaban J connectivity index is 1.91. The summed E-state index contributed by atoms with van der Waals surface area (Å²) in [6, 6.07) is 10.0. The molecule has 2 heterocycles. The molecule has 0 saturated carbocycles. The van der Waals surface area contributed by atoms with Gasteiger partial charge < -0.3 is 9.47 Å². The van der Waals surface area contributed by atoms with E-state index in [9.17, 15) is 18.0 Å². The number of amides is 1. The molecule has 0 spiro atoms. The van der Waals surface area contributed by atoms with Crippen molar-refractivity contribution in [2.75, 3.05) is 6.54 Å². The summed E-state index contributed by atoms with van der Waals surface area (Å²) in [4.78, 5) is 21.6. The van der Waals surface area contributed by atoms with Crippen LogP contribution in [0.15, 0.2) is 48.9 Å². The highest BCUT2D eigenvalue weighted by molar-refractivity contribution is 5.96. The Hall–Kier alpha value is -2.90. The number of hydrogen-bond donors (Lipinski definition) is 0. The Morgan fingerprint density at radius 3 is 2.60 bits per heavy atom. The van der Waals surface area contributed by atoms with Crippen molar-refractivity contribution < 1.29 is 18.0 Å². The van der Waals surface area contributed by atoms with Crippen LogP contribution in [0, 0.1) is 0 Å². The van der Waals surface area contributed by atoms with Gasteiger partial charge in [0.25, 0.3) is 5.91 Å². The Bertz CT molecular complexity index is 890.